The number of hydrogen-bond acceptors (Lipinski definition) is 4. The molecule has 0 saturated carbocycles. The van der Waals surface area contributed by atoms with Crippen LogP contribution in [0.1, 0.15) is 5.56 Å². The van der Waals surface area contributed by atoms with E-state index in [2.05, 4.69) is 16.2 Å². The highest BCUT2D eigenvalue weighted by molar-refractivity contribution is 5.68. The predicted octanol–water partition coefficient (Wildman–Crippen LogP) is 3.83. The maximum atomic E-state index is 13.2. The van der Waals surface area contributed by atoms with Gasteiger partial charge in [-0.05, 0) is 35.9 Å². The number of benzene rings is 2. The number of nitriles is 1. The van der Waals surface area contributed by atoms with Crippen molar-refractivity contribution in [1.82, 2.24) is 14.8 Å². The Bertz CT molecular complexity index is 1190. The summed E-state index contributed by atoms with van der Waals surface area (Å²) in [5.41, 5.74) is 3.02. The molecule has 0 saturated heterocycles. The van der Waals surface area contributed by atoms with Crippen LogP contribution in [0.2, 0.25) is 0 Å². The van der Waals surface area contributed by atoms with Crippen LogP contribution in [0.15, 0.2) is 89.9 Å². The molecule has 0 amide bonds. The van der Waals surface area contributed by atoms with Crippen molar-refractivity contribution in [1.29, 1.82) is 5.26 Å². The zero-order chi connectivity index (χ0) is 18.6. The van der Waals surface area contributed by atoms with Crippen LogP contribution < -0.4 is 5.56 Å². The van der Waals surface area contributed by atoms with Gasteiger partial charge in [-0.3, -0.25) is 9.78 Å². The molecule has 2 heterocycles. The molecule has 2 aromatic carbocycles. The summed E-state index contributed by atoms with van der Waals surface area (Å²) < 4.78 is 1.28. The highest BCUT2D eigenvalue weighted by Crippen LogP contribution is 2.22. The van der Waals surface area contributed by atoms with Crippen molar-refractivity contribution in [3.05, 3.63) is 101 Å². The third-order valence-corrected chi connectivity index (χ3v) is 4.18. The number of nitrogens with zero attached hydrogens (tertiary/aromatic N) is 4. The van der Waals surface area contributed by atoms with E-state index in [4.69, 9.17) is 0 Å². The van der Waals surface area contributed by atoms with Gasteiger partial charge in [0.25, 0.3) is 5.56 Å². The molecule has 0 radical (unpaired) electrons. The second kappa shape index (κ2) is 7.06. The van der Waals surface area contributed by atoms with E-state index in [-0.39, 0.29) is 5.56 Å². The summed E-state index contributed by atoms with van der Waals surface area (Å²) in [6.07, 6.45) is 1.68. The minimum Gasteiger partial charge on any atom is -0.267 e. The SMILES string of the molecule is N#Cc1ccccc1-n1nc(-c2ccccn2)cc(-c2ccccc2)c1=O. The lowest BCUT2D eigenvalue weighted by atomic mass is 10.1. The summed E-state index contributed by atoms with van der Waals surface area (Å²) in [6, 6.07) is 25.7. The molecule has 2 aromatic heterocycles. The lowest BCUT2D eigenvalue weighted by Crippen LogP contribution is -2.24. The van der Waals surface area contributed by atoms with Crippen molar-refractivity contribution in [3.8, 4) is 34.3 Å². The first-order valence-corrected chi connectivity index (χ1v) is 8.38. The molecule has 0 aliphatic rings. The first-order valence-electron chi connectivity index (χ1n) is 8.38. The van der Waals surface area contributed by atoms with Gasteiger partial charge in [-0.1, -0.05) is 48.5 Å². The zero-order valence-electron chi connectivity index (χ0n) is 14.3. The van der Waals surface area contributed by atoms with Crippen molar-refractivity contribution < 1.29 is 0 Å². The van der Waals surface area contributed by atoms with Gasteiger partial charge in [-0.25, -0.2) is 0 Å². The van der Waals surface area contributed by atoms with Gasteiger partial charge in [0, 0.05) is 6.20 Å². The molecule has 0 spiro atoms. The minimum absolute atomic E-state index is 0.288. The Kier molecular flexibility index (Phi) is 4.30. The van der Waals surface area contributed by atoms with E-state index in [1.807, 2.05) is 48.5 Å². The van der Waals surface area contributed by atoms with E-state index in [1.165, 1.54) is 4.68 Å². The van der Waals surface area contributed by atoms with Crippen molar-refractivity contribution in [3.63, 3.8) is 0 Å². The van der Waals surface area contributed by atoms with Crippen LogP contribution in [0.4, 0.5) is 0 Å². The van der Waals surface area contributed by atoms with E-state index < -0.39 is 0 Å². The van der Waals surface area contributed by atoms with Crippen LogP contribution in [0, 0.1) is 11.3 Å². The Morgan fingerprint density at radius 3 is 2.33 bits per heavy atom. The average molecular weight is 350 g/mol. The molecule has 0 aliphatic heterocycles. The van der Waals surface area contributed by atoms with Crippen LogP contribution in [-0.4, -0.2) is 14.8 Å². The summed E-state index contributed by atoms with van der Waals surface area (Å²) in [5.74, 6) is 0. The molecule has 5 heteroatoms. The van der Waals surface area contributed by atoms with Crippen molar-refractivity contribution >= 4 is 0 Å². The van der Waals surface area contributed by atoms with Crippen LogP contribution in [0.5, 0.6) is 0 Å². The van der Waals surface area contributed by atoms with Gasteiger partial charge in [0.15, 0.2) is 0 Å². The summed E-state index contributed by atoms with van der Waals surface area (Å²) >= 11 is 0. The van der Waals surface area contributed by atoms with Crippen LogP contribution in [-0.2, 0) is 0 Å². The van der Waals surface area contributed by atoms with Gasteiger partial charge >= 0.3 is 0 Å². The van der Waals surface area contributed by atoms with Crippen molar-refractivity contribution in [2.75, 3.05) is 0 Å². The number of rotatable bonds is 3. The van der Waals surface area contributed by atoms with Gasteiger partial charge in [0.1, 0.15) is 11.8 Å². The van der Waals surface area contributed by atoms with E-state index in [0.717, 1.165) is 5.56 Å². The summed E-state index contributed by atoms with van der Waals surface area (Å²) in [4.78, 5) is 17.5. The Morgan fingerprint density at radius 2 is 1.59 bits per heavy atom. The highest BCUT2D eigenvalue weighted by Gasteiger charge is 2.15. The third-order valence-electron chi connectivity index (χ3n) is 4.18. The fraction of sp³-hybridized carbons (Fsp3) is 0. The maximum Gasteiger partial charge on any atom is 0.279 e. The standard InChI is InChI=1S/C22H14N4O/c23-15-17-10-4-5-12-21(17)26-22(27)18(16-8-2-1-3-9-16)14-20(25-26)19-11-6-7-13-24-19/h1-14H. The first-order chi connectivity index (χ1) is 13.3. The minimum atomic E-state index is -0.288. The van der Waals surface area contributed by atoms with E-state index in [1.54, 1.807) is 36.5 Å². The van der Waals surface area contributed by atoms with Crippen molar-refractivity contribution in [2.45, 2.75) is 0 Å². The number of aromatic nitrogens is 3. The van der Waals surface area contributed by atoms with Gasteiger partial charge in [-0.2, -0.15) is 15.0 Å². The quantitative estimate of drug-likeness (QED) is 0.563. The summed E-state index contributed by atoms with van der Waals surface area (Å²) in [5, 5.41) is 13.9. The highest BCUT2D eigenvalue weighted by atomic mass is 16.1. The van der Waals surface area contributed by atoms with E-state index >= 15 is 0 Å². The molecule has 0 unspecified atom stereocenters. The number of para-hydroxylation sites is 1. The molecule has 5 nitrogen and oxygen atoms in total. The molecule has 0 fully saturated rings. The normalized spacial score (nSPS) is 10.3. The summed E-state index contributed by atoms with van der Waals surface area (Å²) in [7, 11) is 0. The van der Waals surface area contributed by atoms with Crippen molar-refractivity contribution in [2.24, 2.45) is 0 Å². The lowest BCUT2D eigenvalue weighted by molar-refractivity contribution is 0.811. The lowest BCUT2D eigenvalue weighted by Gasteiger charge is -2.11. The zero-order valence-corrected chi connectivity index (χ0v) is 14.3. The van der Waals surface area contributed by atoms with Gasteiger partial charge in [-0.15, -0.1) is 0 Å². The second-order valence-electron chi connectivity index (χ2n) is 5.87. The molecule has 4 aromatic rings. The molecule has 27 heavy (non-hydrogen) atoms. The molecule has 0 atom stereocenters. The van der Waals surface area contributed by atoms with Crippen LogP contribution >= 0.6 is 0 Å². The number of pyridine rings is 1. The Hall–Kier alpha value is -4.04. The number of hydrogen-bond donors (Lipinski definition) is 0. The molecule has 0 bridgehead atoms. The van der Waals surface area contributed by atoms with E-state index in [0.29, 0.717) is 28.2 Å². The van der Waals surface area contributed by atoms with Crippen LogP contribution in [0.25, 0.3) is 28.2 Å². The Balaban J connectivity index is 2.04. The van der Waals surface area contributed by atoms with E-state index in [9.17, 15) is 10.1 Å². The fourth-order valence-electron chi connectivity index (χ4n) is 2.87. The Labute approximate surface area is 155 Å². The first kappa shape index (κ1) is 16.4. The average Bonchev–Trinajstić information content (AvgIpc) is 2.75. The largest absolute Gasteiger partial charge is 0.279 e. The molecule has 0 aliphatic carbocycles. The second-order valence-corrected chi connectivity index (χ2v) is 5.87. The van der Waals surface area contributed by atoms with Gasteiger partial charge in [0.05, 0.1) is 22.5 Å². The molecule has 0 N–H and O–H groups in total. The maximum absolute atomic E-state index is 13.2. The van der Waals surface area contributed by atoms with Crippen LogP contribution in [0.3, 0.4) is 0 Å². The van der Waals surface area contributed by atoms with Gasteiger partial charge in [0.2, 0.25) is 0 Å². The summed E-state index contributed by atoms with van der Waals surface area (Å²) in [6.45, 7) is 0. The van der Waals surface area contributed by atoms with Gasteiger partial charge < -0.3 is 0 Å². The predicted molar refractivity (Wildman–Crippen MR) is 103 cm³/mol. The smallest absolute Gasteiger partial charge is 0.267 e. The molecule has 128 valence electrons. The monoisotopic (exact) mass is 350 g/mol. The molecular formula is C22H14N4O. The fourth-order valence-corrected chi connectivity index (χ4v) is 2.87. The third kappa shape index (κ3) is 3.12. The topological polar surface area (TPSA) is 71.6 Å². The molecular weight excluding hydrogens is 336 g/mol. The molecule has 4 rings (SSSR count). The Morgan fingerprint density at radius 1 is 0.852 bits per heavy atom.